The summed E-state index contributed by atoms with van der Waals surface area (Å²) in [4.78, 5) is 18.8. The van der Waals surface area contributed by atoms with Crippen molar-refractivity contribution in [3.63, 3.8) is 0 Å². The van der Waals surface area contributed by atoms with Crippen LogP contribution in [0.1, 0.15) is 22.6 Å². The summed E-state index contributed by atoms with van der Waals surface area (Å²) in [5.41, 5.74) is 0.865. The molecular formula is C11H15N3O2. The van der Waals surface area contributed by atoms with Crippen molar-refractivity contribution >= 4 is 12.0 Å². The summed E-state index contributed by atoms with van der Waals surface area (Å²) in [5, 5.41) is 3.04. The van der Waals surface area contributed by atoms with Gasteiger partial charge in [0.1, 0.15) is 0 Å². The topological polar surface area (TPSA) is 64.1 Å². The van der Waals surface area contributed by atoms with Crippen molar-refractivity contribution in [2.24, 2.45) is 0 Å². The zero-order chi connectivity index (χ0) is 11.8. The maximum Gasteiger partial charge on any atom is 0.376 e. The highest BCUT2D eigenvalue weighted by Gasteiger charge is 2.06. The SMILES string of the molecule is CNCCC=Cc1cnc(C(=O)OC)nc1. The van der Waals surface area contributed by atoms with Crippen LogP contribution in [0, 0.1) is 0 Å². The average molecular weight is 221 g/mol. The molecular weight excluding hydrogens is 206 g/mol. The molecule has 16 heavy (non-hydrogen) atoms. The largest absolute Gasteiger partial charge is 0.463 e. The second-order valence-corrected chi connectivity index (χ2v) is 3.13. The Labute approximate surface area is 94.6 Å². The molecule has 0 aliphatic rings. The minimum atomic E-state index is -0.522. The first kappa shape index (κ1) is 12.3. The highest BCUT2D eigenvalue weighted by molar-refractivity contribution is 5.84. The molecule has 1 aromatic rings. The number of rotatable bonds is 5. The molecule has 1 heterocycles. The number of aromatic nitrogens is 2. The Morgan fingerprint density at radius 1 is 1.50 bits per heavy atom. The van der Waals surface area contributed by atoms with Gasteiger partial charge in [-0.2, -0.15) is 0 Å². The average Bonchev–Trinajstić information content (AvgIpc) is 2.34. The van der Waals surface area contributed by atoms with Gasteiger partial charge in [0.25, 0.3) is 0 Å². The Hall–Kier alpha value is -1.75. The molecule has 0 fully saturated rings. The van der Waals surface area contributed by atoms with Crippen LogP contribution in [0.4, 0.5) is 0 Å². The smallest absolute Gasteiger partial charge is 0.376 e. The van der Waals surface area contributed by atoms with Crippen molar-refractivity contribution in [3.8, 4) is 0 Å². The maximum absolute atomic E-state index is 11.1. The predicted molar refractivity (Wildman–Crippen MR) is 60.9 cm³/mol. The normalized spacial score (nSPS) is 10.6. The second kappa shape index (κ2) is 6.68. The van der Waals surface area contributed by atoms with Gasteiger partial charge in [-0.15, -0.1) is 0 Å². The molecule has 5 nitrogen and oxygen atoms in total. The monoisotopic (exact) mass is 221 g/mol. The molecule has 0 atom stereocenters. The Morgan fingerprint density at radius 2 is 2.19 bits per heavy atom. The van der Waals surface area contributed by atoms with Crippen molar-refractivity contribution in [1.29, 1.82) is 0 Å². The molecule has 0 aliphatic carbocycles. The third-order valence-electron chi connectivity index (χ3n) is 1.91. The van der Waals surface area contributed by atoms with Gasteiger partial charge >= 0.3 is 5.97 Å². The van der Waals surface area contributed by atoms with E-state index in [2.05, 4.69) is 20.0 Å². The Balaban J connectivity index is 2.57. The molecule has 1 rings (SSSR count). The molecule has 0 bridgehead atoms. The molecule has 0 saturated heterocycles. The van der Waals surface area contributed by atoms with E-state index in [9.17, 15) is 4.79 Å². The van der Waals surface area contributed by atoms with Crippen LogP contribution in [0.15, 0.2) is 18.5 Å². The summed E-state index contributed by atoms with van der Waals surface area (Å²) < 4.78 is 4.50. The molecule has 0 aliphatic heterocycles. The van der Waals surface area contributed by atoms with Gasteiger partial charge in [-0.25, -0.2) is 14.8 Å². The third-order valence-corrected chi connectivity index (χ3v) is 1.91. The lowest BCUT2D eigenvalue weighted by atomic mass is 10.3. The van der Waals surface area contributed by atoms with Crippen LogP contribution in [-0.2, 0) is 4.74 Å². The summed E-state index contributed by atoms with van der Waals surface area (Å²) >= 11 is 0. The minimum absolute atomic E-state index is 0.0786. The van der Waals surface area contributed by atoms with Gasteiger partial charge in [0.2, 0.25) is 5.82 Å². The molecule has 5 heteroatoms. The van der Waals surface area contributed by atoms with Gasteiger partial charge in [-0.3, -0.25) is 0 Å². The first-order chi connectivity index (χ1) is 7.77. The third kappa shape index (κ3) is 3.78. The molecule has 1 N–H and O–H groups in total. The van der Waals surface area contributed by atoms with E-state index in [0.29, 0.717) is 0 Å². The van der Waals surface area contributed by atoms with E-state index in [-0.39, 0.29) is 5.82 Å². The first-order valence-corrected chi connectivity index (χ1v) is 4.99. The number of nitrogens with zero attached hydrogens (tertiary/aromatic N) is 2. The lowest BCUT2D eigenvalue weighted by molar-refractivity contribution is 0.0586. The van der Waals surface area contributed by atoms with Crippen LogP contribution >= 0.6 is 0 Å². The molecule has 0 radical (unpaired) electrons. The number of nitrogens with one attached hydrogen (secondary N) is 1. The minimum Gasteiger partial charge on any atom is -0.463 e. The van der Waals surface area contributed by atoms with Gasteiger partial charge in [-0.05, 0) is 20.0 Å². The van der Waals surface area contributed by atoms with Crippen molar-refractivity contribution in [2.75, 3.05) is 20.7 Å². The number of ether oxygens (including phenoxy) is 1. The van der Waals surface area contributed by atoms with Crippen LogP contribution in [0.25, 0.3) is 6.08 Å². The van der Waals surface area contributed by atoms with Crippen molar-refractivity contribution < 1.29 is 9.53 Å². The van der Waals surface area contributed by atoms with E-state index in [1.54, 1.807) is 12.4 Å². The van der Waals surface area contributed by atoms with E-state index in [4.69, 9.17) is 0 Å². The molecule has 0 saturated carbocycles. The van der Waals surface area contributed by atoms with Crippen LogP contribution in [0.3, 0.4) is 0 Å². The van der Waals surface area contributed by atoms with Gasteiger partial charge in [0.15, 0.2) is 0 Å². The number of esters is 1. The summed E-state index contributed by atoms with van der Waals surface area (Å²) in [6.07, 6.45) is 8.06. The van der Waals surface area contributed by atoms with Gasteiger partial charge in [-0.1, -0.05) is 12.2 Å². The number of carbonyl (C=O) groups excluding carboxylic acids is 1. The van der Waals surface area contributed by atoms with Crippen molar-refractivity contribution in [3.05, 3.63) is 29.9 Å². The fourth-order valence-electron chi connectivity index (χ4n) is 1.07. The summed E-state index contributed by atoms with van der Waals surface area (Å²) in [6, 6.07) is 0. The standard InChI is InChI=1S/C11H15N3O2/c1-12-6-4-3-5-9-7-13-10(14-8-9)11(15)16-2/h3,5,7-8,12H,4,6H2,1-2H3. The van der Waals surface area contributed by atoms with Crippen LogP contribution in [0.5, 0.6) is 0 Å². The van der Waals surface area contributed by atoms with Crippen LogP contribution in [0.2, 0.25) is 0 Å². The predicted octanol–water partition coefficient (Wildman–Crippen LogP) is 0.886. The number of hydrogen-bond acceptors (Lipinski definition) is 5. The quantitative estimate of drug-likeness (QED) is 0.591. The van der Waals surface area contributed by atoms with Crippen LogP contribution in [-0.4, -0.2) is 36.6 Å². The van der Waals surface area contributed by atoms with Gasteiger partial charge in [0.05, 0.1) is 7.11 Å². The number of hydrogen-bond donors (Lipinski definition) is 1. The lowest BCUT2D eigenvalue weighted by Gasteiger charge is -1.97. The Bertz CT molecular complexity index is 360. The van der Waals surface area contributed by atoms with Crippen LogP contribution < -0.4 is 5.32 Å². The number of carbonyl (C=O) groups is 1. The summed E-state index contributed by atoms with van der Waals surface area (Å²) in [6.45, 7) is 0.928. The lowest BCUT2D eigenvalue weighted by Crippen LogP contribution is -2.07. The van der Waals surface area contributed by atoms with E-state index < -0.39 is 5.97 Å². The molecule has 0 aromatic carbocycles. The molecule has 0 spiro atoms. The Kier molecular flexibility index (Phi) is 5.15. The molecule has 1 aromatic heterocycles. The highest BCUT2D eigenvalue weighted by Crippen LogP contribution is 2.00. The van der Waals surface area contributed by atoms with E-state index in [1.807, 2.05) is 19.2 Å². The maximum atomic E-state index is 11.1. The van der Waals surface area contributed by atoms with E-state index in [1.165, 1.54) is 7.11 Å². The molecule has 0 unspecified atom stereocenters. The highest BCUT2D eigenvalue weighted by atomic mass is 16.5. The van der Waals surface area contributed by atoms with E-state index in [0.717, 1.165) is 18.5 Å². The van der Waals surface area contributed by atoms with Gasteiger partial charge < -0.3 is 10.1 Å². The Morgan fingerprint density at radius 3 is 2.75 bits per heavy atom. The fourth-order valence-corrected chi connectivity index (χ4v) is 1.07. The summed E-state index contributed by atoms with van der Waals surface area (Å²) in [5.74, 6) is -0.444. The zero-order valence-electron chi connectivity index (χ0n) is 9.43. The first-order valence-electron chi connectivity index (χ1n) is 4.99. The molecule has 86 valence electrons. The fraction of sp³-hybridized carbons (Fsp3) is 0.364. The van der Waals surface area contributed by atoms with Gasteiger partial charge in [0, 0.05) is 18.0 Å². The van der Waals surface area contributed by atoms with Crippen molar-refractivity contribution in [1.82, 2.24) is 15.3 Å². The van der Waals surface area contributed by atoms with Crippen molar-refractivity contribution in [2.45, 2.75) is 6.42 Å². The number of methoxy groups -OCH3 is 1. The molecule has 0 amide bonds. The van der Waals surface area contributed by atoms with E-state index >= 15 is 0 Å². The summed E-state index contributed by atoms with van der Waals surface area (Å²) in [7, 11) is 3.21. The second-order valence-electron chi connectivity index (χ2n) is 3.13. The zero-order valence-corrected chi connectivity index (χ0v) is 9.43.